The third kappa shape index (κ3) is 4.19. The summed E-state index contributed by atoms with van der Waals surface area (Å²) in [5.41, 5.74) is 1.36. The zero-order chi connectivity index (χ0) is 18.2. The van der Waals surface area contributed by atoms with E-state index in [1.807, 2.05) is 0 Å². The van der Waals surface area contributed by atoms with Gasteiger partial charge in [0.2, 0.25) is 0 Å². The number of guanidine groups is 1. The molecule has 1 saturated carbocycles. The van der Waals surface area contributed by atoms with Gasteiger partial charge < -0.3 is 15.4 Å². The van der Waals surface area contributed by atoms with Crippen LogP contribution < -0.4 is 10.6 Å². The molecule has 2 fully saturated rings. The average Bonchev–Trinajstić information content (AvgIpc) is 3.15. The van der Waals surface area contributed by atoms with Gasteiger partial charge in [0.15, 0.2) is 5.96 Å². The van der Waals surface area contributed by atoms with Crippen LogP contribution in [0.1, 0.15) is 62.5 Å². The first-order chi connectivity index (χ1) is 11.8. The normalized spacial score (nSPS) is 26.9. The lowest BCUT2D eigenvalue weighted by atomic mass is 9.57. The number of nitrogens with one attached hydrogen (secondary N) is 2. The van der Waals surface area contributed by atoms with Gasteiger partial charge in [-0.25, -0.2) is 9.98 Å². The maximum Gasteiger partial charge on any atom is 0.191 e. The Balaban J connectivity index is 0.00000243. The predicted octanol–water partition coefficient (Wildman–Crippen LogP) is 4.06. The molecule has 3 atom stereocenters. The highest BCUT2D eigenvalue weighted by Crippen LogP contribution is 2.52. The Morgan fingerprint density at radius 1 is 1.42 bits per heavy atom. The Morgan fingerprint density at radius 2 is 2.15 bits per heavy atom. The first-order valence-corrected chi connectivity index (χ1v) is 10.3. The van der Waals surface area contributed by atoms with Crippen molar-refractivity contribution in [3.63, 3.8) is 0 Å². The number of ether oxygens (including phenoxy) is 1. The fourth-order valence-electron chi connectivity index (χ4n) is 4.30. The lowest BCUT2D eigenvalue weighted by Gasteiger charge is -2.54. The maximum absolute atomic E-state index is 5.90. The van der Waals surface area contributed by atoms with E-state index >= 15 is 0 Å². The second kappa shape index (κ2) is 8.73. The number of halogens is 1. The molecule has 0 spiro atoms. The van der Waals surface area contributed by atoms with Crippen molar-refractivity contribution < 1.29 is 4.74 Å². The highest BCUT2D eigenvalue weighted by molar-refractivity contribution is 14.0. The summed E-state index contributed by atoms with van der Waals surface area (Å²) in [6.07, 6.45) is 1.54. The molecular formula is C19H33IN4OS. The molecule has 5 nitrogen and oxygen atoms in total. The van der Waals surface area contributed by atoms with Crippen molar-refractivity contribution in [2.24, 2.45) is 16.3 Å². The number of fused-ring (bicyclic) bond motifs is 1. The number of rotatable bonds is 5. The van der Waals surface area contributed by atoms with E-state index in [4.69, 9.17) is 14.7 Å². The van der Waals surface area contributed by atoms with Gasteiger partial charge in [0.1, 0.15) is 5.01 Å². The summed E-state index contributed by atoms with van der Waals surface area (Å²) in [5, 5.41) is 8.15. The molecular weight excluding hydrogens is 459 g/mol. The molecule has 2 N–H and O–H groups in total. The Hall–Kier alpha value is -0.410. The predicted molar refractivity (Wildman–Crippen MR) is 120 cm³/mol. The van der Waals surface area contributed by atoms with Crippen molar-refractivity contribution in [1.82, 2.24) is 15.6 Å². The maximum atomic E-state index is 5.90. The quantitative estimate of drug-likeness (QED) is 0.370. The van der Waals surface area contributed by atoms with Gasteiger partial charge in [-0.2, -0.15) is 0 Å². The summed E-state index contributed by atoms with van der Waals surface area (Å²) < 4.78 is 5.90. The second-order valence-corrected chi connectivity index (χ2v) is 9.37. The van der Waals surface area contributed by atoms with Crippen LogP contribution in [0.2, 0.25) is 0 Å². The van der Waals surface area contributed by atoms with Gasteiger partial charge >= 0.3 is 0 Å². The number of aliphatic imine (C=N–C) groups is 1. The summed E-state index contributed by atoms with van der Waals surface area (Å²) in [6, 6.07) is 0.419. The molecule has 26 heavy (non-hydrogen) atoms. The van der Waals surface area contributed by atoms with E-state index in [-0.39, 0.29) is 29.4 Å². The van der Waals surface area contributed by atoms with Crippen molar-refractivity contribution in [3.8, 4) is 0 Å². The van der Waals surface area contributed by atoms with E-state index in [0.29, 0.717) is 30.5 Å². The molecule has 3 unspecified atom stereocenters. The minimum absolute atomic E-state index is 0. The van der Waals surface area contributed by atoms with Gasteiger partial charge in [-0.15, -0.1) is 35.3 Å². The molecule has 2 aliphatic rings. The summed E-state index contributed by atoms with van der Waals surface area (Å²) in [7, 11) is 0. The van der Waals surface area contributed by atoms with Crippen LogP contribution in [0, 0.1) is 18.3 Å². The van der Waals surface area contributed by atoms with E-state index in [1.165, 1.54) is 10.6 Å². The lowest BCUT2D eigenvalue weighted by molar-refractivity contribution is -0.106. The van der Waals surface area contributed by atoms with Gasteiger partial charge in [-0.3, -0.25) is 0 Å². The molecule has 3 rings (SSSR count). The van der Waals surface area contributed by atoms with Crippen LogP contribution in [0.4, 0.5) is 0 Å². The van der Waals surface area contributed by atoms with E-state index in [2.05, 4.69) is 52.2 Å². The van der Waals surface area contributed by atoms with Crippen molar-refractivity contribution in [2.75, 3.05) is 13.2 Å². The summed E-state index contributed by atoms with van der Waals surface area (Å²) in [6.45, 7) is 15.6. The Morgan fingerprint density at radius 3 is 2.77 bits per heavy atom. The summed E-state index contributed by atoms with van der Waals surface area (Å²) >= 11 is 1.76. The van der Waals surface area contributed by atoms with Crippen LogP contribution >= 0.6 is 35.3 Å². The molecule has 7 heteroatoms. The van der Waals surface area contributed by atoms with E-state index < -0.39 is 0 Å². The van der Waals surface area contributed by atoms with Crippen molar-refractivity contribution in [3.05, 3.63) is 15.6 Å². The molecule has 1 saturated heterocycles. The van der Waals surface area contributed by atoms with Crippen LogP contribution in [0.15, 0.2) is 4.99 Å². The topological polar surface area (TPSA) is 58.5 Å². The number of aryl methyl sites for hydroxylation is 1. The second-order valence-electron chi connectivity index (χ2n) is 8.09. The standard InChI is InChI=1S/C19H32N4OS.HI/c1-7-20-18(21-10-14-22-15(11(2)3)12(4)25-14)23-16-13-8-9-24-17(13)19(16,5)6;/h11,13,16-17H,7-10H2,1-6H3,(H2,20,21,23);1H. The van der Waals surface area contributed by atoms with Gasteiger partial charge in [-0.1, -0.05) is 27.7 Å². The van der Waals surface area contributed by atoms with Gasteiger partial charge in [0, 0.05) is 35.4 Å². The van der Waals surface area contributed by atoms with E-state index in [9.17, 15) is 0 Å². The largest absolute Gasteiger partial charge is 0.377 e. The third-order valence-electron chi connectivity index (χ3n) is 5.53. The molecule has 0 bridgehead atoms. The van der Waals surface area contributed by atoms with Crippen molar-refractivity contribution in [1.29, 1.82) is 0 Å². The fraction of sp³-hybridized carbons (Fsp3) is 0.789. The molecule has 1 aliphatic carbocycles. The number of nitrogens with zero attached hydrogens (tertiary/aromatic N) is 2. The Labute approximate surface area is 178 Å². The highest BCUT2D eigenvalue weighted by Gasteiger charge is 2.59. The molecule has 2 heterocycles. The number of hydrogen-bond donors (Lipinski definition) is 2. The monoisotopic (exact) mass is 492 g/mol. The molecule has 1 aliphatic heterocycles. The summed E-state index contributed by atoms with van der Waals surface area (Å²) in [5.74, 6) is 1.97. The van der Waals surface area contributed by atoms with Crippen LogP contribution in [0.5, 0.6) is 0 Å². The molecule has 1 aromatic rings. The number of thiazole rings is 1. The zero-order valence-corrected chi connectivity index (χ0v) is 19.9. The summed E-state index contributed by atoms with van der Waals surface area (Å²) in [4.78, 5) is 10.9. The van der Waals surface area contributed by atoms with Gasteiger partial charge in [0.25, 0.3) is 0 Å². The molecule has 0 radical (unpaired) electrons. The lowest BCUT2D eigenvalue weighted by Crippen LogP contribution is -2.67. The molecule has 148 valence electrons. The Kier molecular flexibility index (Phi) is 7.35. The first kappa shape index (κ1) is 21.9. The number of aromatic nitrogens is 1. The Bertz CT molecular complexity index is 643. The average molecular weight is 492 g/mol. The molecule has 1 aromatic heterocycles. The van der Waals surface area contributed by atoms with Crippen LogP contribution in [-0.4, -0.2) is 36.2 Å². The van der Waals surface area contributed by atoms with Gasteiger partial charge in [-0.05, 0) is 26.2 Å². The van der Waals surface area contributed by atoms with E-state index in [1.54, 1.807) is 11.3 Å². The van der Waals surface area contributed by atoms with Crippen LogP contribution in [-0.2, 0) is 11.3 Å². The van der Waals surface area contributed by atoms with Crippen molar-refractivity contribution >= 4 is 41.3 Å². The minimum Gasteiger partial charge on any atom is -0.377 e. The fourth-order valence-corrected chi connectivity index (χ4v) is 5.31. The van der Waals surface area contributed by atoms with Crippen LogP contribution in [0.3, 0.4) is 0 Å². The van der Waals surface area contributed by atoms with E-state index in [0.717, 1.165) is 30.5 Å². The van der Waals surface area contributed by atoms with Gasteiger partial charge in [0.05, 0.1) is 18.3 Å². The molecule has 0 aromatic carbocycles. The number of hydrogen-bond acceptors (Lipinski definition) is 4. The van der Waals surface area contributed by atoms with Crippen molar-refractivity contribution in [2.45, 2.75) is 72.6 Å². The minimum atomic E-state index is 0. The smallest absolute Gasteiger partial charge is 0.191 e. The zero-order valence-electron chi connectivity index (χ0n) is 16.8. The first-order valence-electron chi connectivity index (χ1n) is 9.47. The third-order valence-corrected chi connectivity index (χ3v) is 6.50. The van der Waals surface area contributed by atoms with Crippen LogP contribution in [0.25, 0.3) is 0 Å². The SMILES string of the molecule is CCNC(=NCc1nc(C(C)C)c(C)s1)NC1C2CCOC2C1(C)C.I. The molecule has 0 amide bonds. The highest BCUT2D eigenvalue weighted by atomic mass is 127.